The molecule has 5 rings (SSSR count). The number of benzene rings is 3. The molecule has 8 nitrogen and oxygen atoms in total. The number of halogens is 1. The lowest BCUT2D eigenvalue weighted by Crippen LogP contribution is -2.31. The van der Waals surface area contributed by atoms with Crippen molar-refractivity contribution in [3.63, 3.8) is 0 Å². The maximum Gasteiger partial charge on any atom is 0.343 e. The zero-order valence-electron chi connectivity index (χ0n) is 21.7. The predicted molar refractivity (Wildman–Crippen MR) is 149 cm³/mol. The van der Waals surface area contributed by atoms with Gasteiger partial charge in [-0.2, -0.15) is 0 Å². The number of ketones is 1. The summed E-state index contributed by atoms with van der Waals surface area (Å²) in [6, 6.07) is 18.8. The normalized spacial score (nSPS) is 20.1. The van der Waals surface area contributed by atoms with E-state index in [4.69, 9.17) is 9.47 Å². The van der Waals surface area contributed by atoms with Crippen LogP contribution in [0.1, 0.15) is 57.3 Å². The first-order valence-electron chi connectivity index (χ1n) is 13.0. The topological polar surface area (TPSA) is 107 Å². The number of hydrogen-bond acceptors (Lipinski definition) is 7. The van der Waals surface area contributed by atoms with Gasteiger partial charge in [0.05, 0.1) is 28.7 Å². The molecule has 204 valence electrons. The Hall–Kier alpha value is -4.11. The van der Waals surface area contributed by atoms with Crippen molar-refractivity contribution in [1.29, 1.82) is 0 Å². The van der Waals surface area contributed by atoms with Crippen LogP contribution < -0.4 is 9.64 Å². The Morgan fingerprint density at radius 2 is 1.50 bits per heavy atom. The molecular weight excluding hydrogens is 578 g/mol. The Labute approximate surface area is 239 Å². The van der Waals surface area contributed by atoms with Crippen LogP contribution in [0.25, 0.3) is 0 Å². The molecule has 3 aromatic carbocycles. The fourth-order valence-corrected chi connectivity index (χ4v) is 5.44. The van der Waals surface area contributed by atoms with Gasteiger partial charge in [0.25, 0.3) is 0 Å². The maximum absolute atomic E-state index is 13.0. The summed E-state index contributed by atoms with van der Waals surface area (Å²) >= 11 is 3.31. The van der Waals surface area contributed by atoms with Crippen molar-refractivity contribution in [3.8, 4) is 5.75 Å². The second-order valence-corrected chi connectivity index (χ2v) is 11.0. The zero-order chi connectivity index (χ0) is 28.4. The minimum atomic E-state index is -0.750. The number of carbonyl (C=O) groups excluding carboxylic acids is 5. The third-order valence-electron chi connectivity index (χ3n) is 7.33. The Morgan fingerprint density at radius 1 is 0.825 bits per heavy atom. The molecular formula is C31H26BrNO7. The fourth-order valence-electron chi connectivity index (χ4n) is 5.17. The average Bonchev–Trinajstić information content (AvgIpc) is 3.20. The first-order valence-corrected chi connectivity index (χ1v) is 13.8. The number of anilines is 1. The highest BCUT2D eigenvalue weighted by Gasteiger charge is 2.50. The Bertz CT molecular complexity index is 1480. The highest BCUT2D eigenvalue weighted by atomic mass is 79.9. The van der Waals surface area contributed by atoms with Crippen molar-refractivity contribution >= 4 is 51.2 Å². The molecule has 40 heavy (non-hydrogen) atoms. The van der Waals surface area contributed by atoms with Crippen molar-refractivity contribution in [1.82, 2.24) is 0 Å². The molecule has 9 heteroatoms. The molecule has 1 heterocycles. The monoisotopic (exact) mass is 603 g/mol. The standard InChI is InChI=1S/C31H26BrNO7/c1-18-5-14-25-26(15-18)29(36)33(28(25)35)23-4-2-3-21(16-23)30(37)39-17-27(34)19-8-12-24(13-9-19)40-31(38)20-6-10-22(32)11-7-20/h2-4,6-13,16,18,25-26H,5,14-15,17H2,1H3. The summed E-state index contributed by atoms with van der Waals surface area (Å²) in [4.78, 5) is 64.8. The summed E-state index contributed by atoms with van der Waals surface area (Å²) in [5, 5.41) is 0. The molecule has 1 aliphatic carbocycles. The van der Waals surface area contributed by atoms with Gasteiger partial charge in [0, 0.05) is 10.0 Å². The molecule has 1 saturated carbocycles. The minimum Gasteiger partial charge on any atom is -0.454 e. The van der Waals surface area contributed by atoms with Gasteiger partial charge in [-0.25, -0.2) is 9.59 Å². The van der Waals surface area contributed by atoms with Crippen molar-refractivity contribution < 1.29 is 33.4 Å². The van der Waals surface area contributed by atoms with E-state index >= 15 is 0 Å². The number of imide groups is 1. The van der Waals surface area contributed by atoms with Crippen LogP contribution in [0.4, 0.5) is 5.69 Å². The fraction of sp³-hybridized carbons (Fsp3) is 0.258. The van der Waals surface area contributed by atoms with Gasteiger partial charge >= 0.3 is 11.9 Å². The lowest BCUT2D eigenvalue weighted by atomic mass is 9.76. The van der Waals surface area contributed by atoms with Gasteiger partial charge in [0.2, 0.25) is 11.8 Å². The van der Waals surface area contributed by atoms with Gasteiger partial charge < -0.3 is 9.47 Å². The molecule has 2 amide bonds. The van der Waals surface area contributed by atoms with E-state index in [2.05, 4.69) is 22.9 Å². The number of hydrogen-bond donors (Lipinski definition) is 0. The first-order chi connectivity index (χ1) is 19.2. The summed E-state index contributed by atoms with van der Waals surface area (Å²) in [6.45, 7) is 1.58. The number of carbonyl (C=O) groups is 5. The van der Waals surface area contributed by atoms with Crippen LogP contribution in [0, 0.1) is 17.8 Å². The van der Waals surface area contributed by atoms with E-state index in [0.29, 0.717) is 30.0 Å². The maximum atomic E-state index is 13.0. The number of ether oxygens (including phenoxy) is 2. The second-order valence-electron chi connectivity index (χ2n) is 10.1. The zero-order valence-corrected chi connectivity index (χ0v) is 23.3. The third kappa shape index (κ3) is 5.74. The molecule has 1 aliphatic heterocycles. The van der Waals surface area contributed by atoms with Crippen molar-refractivity contribution in [2.45, 2.75) is 26.2 Å². The molecule has 0 radical (unpaired) electrons. The molecule has 0 aromatic heterocycles. The van der Waals surface area contributed by atoms with Crippen LogP contribution in [0.15, 0.2) is 77.3 Å². The number of Topliss-reactive ketones (excluding diaryl/α,β-unsaturated/α-hetero) is 1. The van der Waals surface area contributed by atoms with E-state index < -0.39 is 24.3 Å². The van der Waals surface area contributed by atoms with Crippen molar-refractivity contribution in [3.05, 3.63) is 94.0 Å². The van der Waals surface area contributed by atoms with Crippen LogP contribution in [-0.2, 0) is 14.3 Å². The van der Waals surface area contributed by atoms with Gasteiger partial charge in [-0.1, -0.05) is 28.9 Å². The number of amides is 2. The molecule has 3 unspecified atom stereocenters. The van der Waals surface area contributed by atoms with Crippen LogP contribution in [0.3, 0.4) is 0 Å². The Kier molecular flexibility index (Phi) is 7.93. The lowest BCUT2D eigenvalue weighted by Gasteiger charge is -2.25. The second kappa shape index (κ2) is 11.6. The van der Waals surface area contributed by atoms with E-state index in [0.717, 1.165) is 10.9 Å². The summed E-state index contributed by atoms with van der Waals surface area (Å²) in [5.41, 5.74) is 1.11. The van der Waals surface area contributed by atoms with Crippen LogP contribution in [-0.4, -0.2) is 36.1 Å². The molecule has 2 aliphatic rings. The highest BCUT2D eigenvalue weighted by Crippen LogP contribution is 2.42. The van der Waals surface area contributed by atoms with Gasteiger partial charge in [-0.05, 0) is 91.9 Å². The predicted octanol–water partition coefficient (Wildman–Crippen LogP) is 5.63. The molecule has 2 fully saturated rings. The highest BCUT2D eigenvalue weighted by molar-refractivity contribution is 9.10. The summed E-state index contributed by atoms with van der Waals surface area (Å²) in [6.07, 6.45) is 2.28. The third-order valence-corrected chi connectivity index (χ3v) is 7.86. The van der Waals surface area contributed by atoms with E-state index in [1.807, 2.05) is 0 Å². The van der Waals surface area contributed by atoms with E-state index in [1.165, 1.54) is 41.3 Å². The Morgan fingerprint density at radius 3 is 2.23 bits per heavy atom. The first kappa shape index (κ1) is 27.5. The molecule has 3 aromatic rings. The van der Waals surface area contributed by atoms with E-state index in [9.17, 15) is 24.0 Å². The number of fused-ring (bicyclic) bond motifs is 1. The molecule has 0 N–H and O–H groups in total. The van der Waals surface area contributed by atoms with E-state index in [-0.39, 0.29) is 40.5 Å². The SMILES string of the molecule is CC1CCC2C(=O)N(c3cccc(C(=O)OCC(=O)c4ccc(OC(=O)c5ccc(Br)cc5)cc4)c3)C(=O)C2C1. The number of esters is 2. The molecule has 1 saturated heterocycles. The quantitative estimate of drug-likeness (QED) is 0.149. The number of rotatable bonds is 7. The van der Waals surface area contributed by atoms with Gasteiger partial charge in [0.15, 0.2) is 12.4 Å². The summed E-state index contributed by atoms with van der Waals surface area (Å²) in [5.74, 6) is -2.17. The van der Waals surface area contributed by atoms with Gasteiger partial charge in [-0.15, -0.1) is 0 Å². The smallest absolute Gasteiger partial charge is 0.343 e. The van der Waals surface area contributed by atoms with Crippen LogP contribution >= 0.6 is 15.9 Å². The molecule has 0 spiro atoms. The van der Waals surface area contributed by atoms with Crippen molar-refractivity contribution in [2.75, 3.05) is 11.5 Å². The molecule has 3 atom stereocenters. The van der Waals surface area contributed by atoms with Crippen LogP contribution in [0.5, 0.6) is 5.75 Å². The lowest BCUT2D eigenvalue weighted by molar-refractivity contribution is -0.122. The van der Waals surface area contributed by atoms with Crippen molar-refractivity contribution in [2.24, 2.45) is 17.8 Å². The van der Waals surface area contributed by atoms with Crippen LogP contribution in [0.2, 0.25) is 0 Å². The largest absolute Gasteiger partial charge is 0.454 e. The van der Waals surface area contributed by atoms with Gasteiger partial charge in [0.1, 0.15) is 5.75 Å². The summed E-state index contributed by atoms with van der Waals surface area (Å²) < 4.78 is 11.4. The number of nitrogens with zero attached hydrogens (tertiary/aromatic N) is 1. The van der Waals surface area contributed by atoms with E-state index in [1.54, 1.807) is 36.4 Å². The molecule has 0 bridgehead atoms. The minimum absolute atomic E-state index is 0.129. The Balaban J connectivity index is 1.18. The summed E-state index contributed by atoms with van der Waals surface area (Å²) in [7, 11) is 0. The van der Waals surface area contributed by atoms with Gasteiger partial charge in [-0.3, -0.25) is 19.3 Å². The average molecular weight is 604 g/mol.